The van der Waals surface area contributed by atoms with E-state index in [0.29, 0.717) is 0 Å². The summed E-state index contributed by atoms with van der Waals surface area (Å²) in [5.41, 5.74) is 4.27. The number of alkyl halides is 3. The van der Waals surface area contributed by atoms with E-state index in [9.17, 15) is 22.4 Å². The second kappa shape index (κ2) is 5.72. The van der Waals surface area contributed by atoms with Gasteiger partial charge in [0, 0.05) is 30.4 Å². The number of fused-ring (bicyclic) bond motifs is 1. The molecule has 0 saturated heterocycles. The zero-order valence-corrected chi connectivity index (χ0v) is 12.7. The van der Waals surface area contributed by atoms with E-state index in [4.69, 9.17) is 5.73 Å². The van der Waals surface area contributed by atoms with E-state index in [1.165, 1.54) is 23.7 Å². The Labute approximate surface area is 138 Å². The molecule has 25 heavy (non-hydrogen) atoms. The molecule has 10 heteroatoms. The summed E-state index contributed by atoms with van der Waals surface area (Å²) in [5, 5.41) is 2.40. The Morgan fingerprint density at radius 1 is 1.24 bits per heavy atom. The van der Waals surface area contributed by atoms with Crippen LogP contribution in [0.1, 0.15) is 12.5 Å². The van der Waals surface area contributed by atoms with E-state index < -0.39 is 23.4 Å². The summed E-state index contributed by atoms with van der Waals surface area (Å²) < 4.78 is 54.4. The fraction of sp³-hybridized carbons (Fsp3) is 0.133. The minimum Gasteiger partial charge on any atom is -0.383 e. The van der Waals surface area contributed by atoms with Crippen molar-refractivity contribution in [2.75, 3.05) is 11.1 Å². The lowest BCUT2D eigenvalue weighted by atomic mass is 10.1. The quantitative estimate of drug-likeness (QED) is 0.694. The molecule has 0 aliphatic carbocycles. The zero-order valence-electron chi connectivity index (χ0n) is 12.7. The summed E-state index contributed by atoms with van der Waals surface area (Å²) in [4.78, 5) is 18.5. The molecular weight excluding hydrogens is 342 g/mol. The number of amides is 1. The van der Waals surface area contributed by atoms with Crippen LogP contribution in [0.2, 0.25) is 0 Å². The third kappa shape index (κ3) is 3.23. The van der Waals surface area contributed by atoms with Crippen molar-refractivity contribution in [2.45, 2.75) is 13.1 Å². The molecule has 0 unspecified atom stereocenters. The van der Waals surface area contributed by atoms with Gasteiger partial charge in [-0.1, -0.05) is 0 Å². The first-order valence-electron chi connectivity index (χ1n) is 6.94. The van der Waals surface area contributed by atoms with Gasteiger partial charge in [-0.3, -0.25) is 4.79 Å². The van der Waals surface area contributed by atoms with Crippen molar-refractivity contribution in [1.82, 2.24) is 14.4 Å². The molecule has 6 nitrogen and oxygen atoms in total. The highest BCUT2D eigenvalue weighted by Gasteiger charge is 2.34. The highest BCUT2D eigenvalue weighted by molar-refractivity contribution is 5.88. The highest BCUT2D eigenvalue weighted by Crippen LogP contribution is 2.35. The summed E-state index contributed by atoms with van der Waals surface area (Å²) in [7, 11) is 0. The van der Waals surface area contributed by atoms with Crippen molar-refractivity contribution in [3.63, 3.8) is 0 Å². The van der Waals surface area contributed by atoms with Crippen LogP contribution in [0, 0.1) is 5.82 Å². The number of aromatic nitrogens is 3. The van der Waals surface area contributed by atoms with Crippen LogP contribution in [-0.2, 0) is 11.0 Å². The first-order chi connectivity index (χ1) is 11.6. The highest BCUT2D eigenvalue weighted by atomic mass is 19.4. The summed E-state index contributed by atoms with van der Waals surface area (Å²) >= 11 is 0. The Hall–Kier alpha value is -3.17. The predicted octanol–water partition coefficient (Wildman–Crippen LogP) is 3.09. The molecule has 0 fully saturated rings. The number of rotatable bonds is 2. The fourth-order valence-electron chi connectivity index (χ4n) is 2.32. The second-order valence-electron chi connectivity index (χ2n) is 5.27. The van der Waals surface area contributed by atoms with Crippen molar-refractivity contribution in [1.29, 1.82) is 0 Å². The molecule has 0 aromatic carbocycles. The lowest BCUT2D eigenvalue weighted by Gasteiger charge is -2.11. The Balaban J connectivity index is 2.12. The first-order valence-corrected chi connectivity index (χ1v) is 6.94. The van der Waals surface area contributed by atoms with E-state index in [-0.39, 0.29) is 28.5 Å². The Bertz CT molecular complexity index is 980. The number of hydrogen-bond donors (Lipinski definition) is 2. The van der Waals surface area contributed by atoms with Gasteiger partial charge in [0.1, 0.15) is 5.82 Å². The monoisotopic (exact) mass is 353 g/mol. The number of nitrogens with zero attached hydrogens (tertiary/aromatic N) is 3. The van der Waals surface area contributed by atoms with Gasteiger partial charge in [-0.25, -0.2) is 14.4 Å². The Kier molecular flexibility index (Phi) is 3.82. The average molecular weight is 353 g/mol. The molecule has 0 bridgehead atoms. The molecule has 0 saturated carbocycles. The molecule has 3 N–H and O–H groups in total. The van der Waals surface area contributed by atoms with Gasteiger partial charge in [-0.05, 0) is 12.1 Å². The van der Waals surface area contributed by atoms with Crippen LogP contribution in [0.15, 0.2) is 30.7 Å². The molecule has 0 spiro atoms. The van der Waals surface area contributed by atoms with Crippen LogP contribution in [0.3, 0.4) is 0 Å². The maximum Gasteiger partial charge on any atom is 0.419 e. The molecule has 130 valence electrons. The van der Waals surface area contributed by atoms with Gasteiger partial charge in [0.05, 0.1) is 11.8 Å². The van der Waals surface area contributed by atoms with E-state index in [1.54, 1.807) is 0 Å². The SMILES string of the molecule is CC(=O)Nc1cn2cc(-c3cnc(N)c(C(F)(F)F)c3)cc(F)c2n1. The van der Waals surface area contributed by atoms with Gasteiger partial charge >= 0.3 is 6.18 Å². The van der Waals surface area contributed by atoms with Crippen LogP contribution in [0.25, 0.3) is 16.8 Å². The van der Waals surface area contributed by atoms with Crippen molar-refractivity contribution >= 4 is 23.2 Å². The van der Waals surface area contributed by atoms with E-state index in [0.717, 1.165) is 18.3 Å². The van der Waals surface area contributed by atoms with Crippen LogP contribution in [-0.4, -0.2) is 20.3 Å². The van der Waals surface area contributed by atoms with E-state index in [1.807, 2.05) is 0 Å². The molecule has 0 atom stereocenters. The van der Waals surface area contributed by atoms with Crippen LogP contribution in [0.5, 0.6) is 0 Å². The average Bonchev–Trinajstić information content (AvgIpc) is 2.88. The van der Waals surface area contributed by atoms with Gasteiger partial charge in [-0.15, -0.1) is 0 Å². The maximum atomic E-state index is 14.2. The normalized spacial score (nSPS) is 11.7. The summed E-state index contributed by atoms with van der Waals surface area (Å²) in [6.07, 6.45) is -0.830. The Morgan fingerprint density at radius 3 is 2.60 bits per heavy atom. The van der Waals surface area contributed by atoms with Crippen molar-refractivity contribution < 1.29 is 22.4 Å². The summed E-state index contributed by atoms with van der Waals surface area (Å²) in [6, 6.07) is 1.84. The number of carbonyl (C=O) groups excluding carboxylic acids is 1. The largest absolute Gasteiger partial charge is 0.419 e. The van der Waals surface area contributed by atoms with Crippen molar-refractivity contribution in [2.24, 2.45) is 0 Å². The van der Waals surface area contributed by atoms with Gasteiger partial charge in [0.25, 0.3) is 0 Å². The number of nitrogens with one attached hydrogen (secondary N) is 1. The fourth-order valence-corrected chi connectivity index (χ4v) is 2.32. The zero-order chi connectivity index (χ0) is 18.4. The number of pyridine rings is 2. The molecule has 0 aliphatic rings. The molecule has 3 heterocycles. The molecule has 0 aliphatic heterocycles. The van der Waals surface area contributed by atoms with Gasteiger partial charge in [0.2, 0.25) is 5.91 Å². The molecular formula is C15H11F4N5O. The smallest absolute Gasteiger partial charge is 0.383 e. The number of nitrogens with two attached hydrogens (primary N) is 1. The molecule has 1 amide bonds. The number of imidazole rings is 1. The number of carbonyl (C=O) groups is 1. The van der Waals surface area contributed by atoms with Crippen molar-refractivity contribution in [3.05, 3.63) is 42.1 Å². The second-order valence-corrected chi connectivity index (χ2v) is 5.27. The van der Waals surface area contributed by atoms with Gasteiger partial charge in [0.15, 0.2) is 17.3 Å². The first kappa shape index (κ1) is 16.7. The molecule has 0 radical (unpaired) electrons. The molecule has 3 rings (SSSR count). The topological polar surface area (TPSA) is 85.3 Å². The lowest BCUT2D eigenvalue weighted by Crippen LogP contribution is -2.10. The van der Waals surface area contributed by atoms with Crippen LogP contribution >= 0.6 is 0 Å². The van der Waals surface area contributed by atoms with E-state index in [2.05, 4.69) is 15.3 Å². The van der Waals surface area contributed by atoms with Crippen molar-refractivity contribution in [3.8, 4) is 11.1 Å². The van der Waals surface area contributed by atoms with Gasteiger partial charge in [-0.2, -0.15) is 13.2 Å². The number of hydrogen-bond acceptors (Lipinski definition) is 4. The maximum absolute atomic E-state index is 14.2. The number of halogens is 4. The summed E-state index contributed by atoms with van der Waals surface area (Å²) in [6.45, 7) is 1.27. The third-order valence-corrected chi connectivity index (χ3v) is 3.37. The minimum atomic E-state index is -4.68. The molecule has 3 aromatic rings. The number of nitrogen functional groups attached to an aromatic ring is 1. The lowest BCUT2D eigenvalue weighted by molar-refractivity contribution is -0.137. The van der Waals surface area contributed by atoms with Crippen LogP contribution < -0.4 is 11.1 Å². The number of anilines is 2. The van der Waals surface area contributed by atoms with Crippen LogP contribution in [0.4, 0.5) is 29.2 Å². The Morgan fingerprint density at radius 2 is 1.96 bits per heavy atom. The molecule has 3 aromatic heterocycles. The third-order valence-electron chi connectivity index (χ3n) is 3.37. The standard InChI is InChI=1S/C15H11F4N5O/c1-7(25)22-12-6-24-5-9(3-11(16)14(24)23-12)8-2-10(15(17,18)19)13(20)21-4-8/h2-6H,1H3,(H2,20,21)(H,22,25). The van der Waals surface area contributed by atoms with Gasteiger partial charge < -0.3 is 15.5 Å². The van der Waals surface area contributed by atoms with E-state index >= 15 is 0 Å². The minimum absolute atomic E-state index is 0.0390. The summed E-state index contributed by atoms with van der Waals surface area (Å²) in [5.74, 6) is -1.69. The predicted molar refractivity (Wildman–Crippen MR) is 82.1 cm³/mol.